The van der Waals surface area contributed by atoms with E-state index in [-0.39, 0.29) is 17.4 Å². The number of rotatable bonds is 6. The second kappa shape index (κ2) is 7.60. The van der Waals surface area contributed by atoms with E-state index < -0.39 is 0 Å². The average Bonchev–Trinajstić information content (AvgIpc) is 2.83. The SMILES string of the molecule is Cc1[nH]nc(CCC(=O)NC(CC(C)(C)C)c2cccnc2)c1C. The maximum absolute atomic E-state index is 12.4. The summed E-state index contributed by atoms with van der Waals surface area (Å²) in [7, 11) is 0. The molecule has 0 aliphatic rings. The summed E-state index contributed by atoms with van der Waals surface area (Å²) in [4.78, 5) is 16.6. The molecule has 2 heterocycles. The van der Waals surface area contributed by atoms with Crippen LogP contribution in [0.4, 0.5) is 0 Å². The Morgan fingerprint density at radius 1 is 1.33 bits per heavy atom. The van der Waals surface area contributed by atoms with Crippen LogP contribution in [0.1, 0.15) is 62.2 Å². The lowest BCUT2D eigenvalue weighted by Gasteiger charge is -2.27. The van der Waals surface area contributed by atoms with Crippen molar-refractivity contribution >= 4 is 5.91 Å². The molecule has 0 spiro atoms. The number of carbonyl (C=O) groups excluding carboxylic acids is 1. The lowest BCUT2D eigenvalue weighted by atomic mass is 9.85. The van der Waals surface area contributed by atoms with Gasteiger partial charge in [0.1, 0.15) is 0 Å². The Morgan fingerprint density at radius 3 is 2.62 bits per heavy atom. The summed E-state index contributed by atoms with van der Waals surface area (Å²) in [5.74, 6) is 0.0492. The fourth-order valence-electron chi connectivity index (χ4n) is 2.72. The molecule has 0 aliphatic carbocycles. The quantitative estimate of drug-likeness (QED) is 0.850. The van der Waals surface area contributed by atoms with E-state index in [0.717, 1.165) is 28.9 Å². The predicted octanol–water partition coefficient (Wildman–Crippen LogP) is 3.65. The molecule has 0 radical (unpaired) electrons. The molecule has 0 aromatic carbocycles. The van der Waals surface area contributed by atoms with Gasteiger partial charge in [0.15, 0.2) is 0 Å². The molecule has 0 saturated heterocycles. The highest BCUT2D eigenvalue weighted by molar-refractivity contribution is 5.76. The normalized spacial score (nSPS) is 12.9. The molecule has 1 amide bonds. The van der Waals surface area contributed by atoms with Crippen LogP contribution in [0, 0.1) is 19.3 Å². The Bertz CT molecular complexity index is 670. The van der Waals surface area contributed by atoms with Gasteiger partial charge in [0, 0.05) is 30.9 Å². The Morgan fingerprint density at radius 2 is 2.08 bits per heavy atom. The van der Waals surface area contributed by atoms with E-state index in [4.69, 9.17) is 0 Å². The van der Waals surface area contributed by atoms with E-state index in [1.54, 1.807) is 6.20 Å². The highest BCUT2D eigenvalue weighted by atomic mass is 16.1. The number of pyridine rings is 1. The van der Waals surface area contributed by atoms with Crippen LogP contribution >= 0.6 is 0 Å². The highest BCUT2D eigenvalue weighted by Crippen LogP contribution is 2.29. The van der Waals surface area contributed by atoms with E-state index in [1.165, 1.54) is 0 Å². The number of carbonyl (C=O) groups is 1. The first-order chi connectivity index (χ1) is 11.3. The smallest absolute Gasteiger partial charge is 0.220 e. The first kappa shape index (κ1) is 18.2. The molecule has 1 atom stereocenters. The van der Waals surface area contributed by atoms with E-state index in [1.807, 2.05) is 32.2 Å². The zero-order valence-electron chi connectivity index (χ0n) is 15.3. The van der Waals surface area contributed by atoms with Crippen molar-refractivity contribution in [1.82, 2.24) is 20.5 Å². The highest BCUT2D eigenvalue weighted by Gasteiger charge is 2.22. The van der Waals surface area contributed by atoms with Gasteiger partial charge in [-0.15, -0.1) is 0 Å². The average molecular weight is 328 g/mol. The number of amides is 1. The maximum Gasteiger partial charge on any atom is 0.220 e. The van der Waals surface area contributed by atoms with Crippen LogP contribution < -0.4 is 5.32 Å². The van der Waals surface area contributed by atoms with E-state index in [2.05, 4.69) is 41.3 Å². The Labute approximate surface area is 144 Å². The summed E-state index contributed by atoms with van der Waals surface area (Å²) in [6.07, 6.45) is 5.54. The van der Waals surface area contributed by atoms with E-state index in [0.29, 0.717) is 12.8 Å². The third-order valence-electron chi connectivity index (χ3n) is 4.18. The van der Waals surface area contributed by atoms with Gasteiger partial charge in [-0.2, -0.15) is 5.10 Å². The molecule has 24 heavy (non-hydrogen) atoms. The van der Waals surface area contributed by atoms with Gasteiger partial charge in [-0.25, -0.2) is 0 Å². The zero-order valence-corrected chi connectivity index (χ0v) is 15.3. The van der Waals surface area contributed by atoms with Gasteiger partial charge in [-0.1, -0.05) is 26.8 Å². The second-order valence-electron chi connectivity index (χ2n) is 7.59. The molecule has 0 saturated carbocycles. The van der Waals surface area contributed by atoms with Crippen molar-refractivity contribution in [2.75, 3.05) is 0 Å². The fraction of sp³-hybridized carbons (Fsp3) is 0.526. The van der Waals surface area contributed by atoms with Gasteiger partial charge in [0.25, 0.3) is 0 Å². The predicted molar refractivity (Wildman–Crippen MR) is 95.6 cm³/mol. The van der Waals surface area contributed by atoms with Crippen LogP contribution in [0.5, 0.6) is 0 Å². The van der Waals surface area contributed by atoms with Crippen LogP contribution in [0.2, 0.25) is 0 Å². The maximum atomic E-state index is 12.4. The van der Waals surface area contributed by atoms with E-state index in [9.17, 15) is 4.79 Å². The van der Waals surface area contributed by atoms with Crippen molar-refractivity contribution in [3.05, 3.63) is 47.0 Å². The molecule has 0 bridgehead atoms. The van der Waals surface area contributed by atoms with Gasteiger partial charge >= 0.3 is 0 Å². The standard InChI is InChI=1S/C19H28N4O/c1-13-14(2)22-23-16(13)8-9-18(24)21-17(11-19(3,4)5)15-7-6-10-20-12-15/h6-7,10,12,17H,8-9,11H2,1-5H3,(H,21,24)(H,22,23). The molecule has 2 N–H and O–H groups in total. The van der Waals surface area contributed by atoms with Crippen LogP contribution in [0.25, 0.3) is 0 Å². The number of hydrogen-bond acceptors (Lipinski definition) is 3. The van der Waals surface area contributed by atoms with Crippen LogP contribution in [0.15, 0.2) is 24.5 Å². The van der Waals surface area contributed by atoms with Crippen molar-refractivity contribution in [1.29, 1.82) is 0 Å². The molecule has 5 nitrogen and oxygen atoms in total. The van der Waals surface area contributed by atoms with Gasteiger partial charge in [-0.05, 0) is 42.9 Å². The summed E-state index contributed by atoms with van der Waals surface area (Å²) >= 11 is 0. The molecule has 1 unspecified atom stereocenters. The summed E-state index contributed by atoms with van der Waals surface area (Å²) in [5.41, 5.74) is 4.33. The van der Waals surface area contributed by atoms with Gasteiger partial charge in [0.05, 0.1) is 11.7 Å². The first-order valence-corrected chi connectivity index (χ1v) is 8.46. The number of nitrogens with zero attached hydrogens (tertiary/aromatic N) is 2. The molecule has 0 fully saturated rings. The lowest BCUT2D eigenvalue weighted by Crippen LogP contribution is -2.31. The molecule has 130 valence electrons. The number of aromatic amines is 1. The molecule has 0 aliphatic heterocycles. The number of aryl methyl sites for hydroxylation is 2. The molecule has 2 aromatic heterocycles. The number of H-pyrrole nitrogens is 1. The molecule has 2 rings (SSSR count). The summed E-state index contributed by atoms with van der Waals surface area (Å²) < 4.78 is 0. The minimum absolute atomic E-state index is 0.0202. The first-order valence-electron chi connectivity index (χ1n) is 8.46. The van der Waals surface area contributed by atoms with Crippen molar-refractivity contribution in [2.24, 2.45) is 5.41 Å². The molecular formula is C19H28N4O. The minimum Gasteiger partial charge on any atom is -0.349 e. The number of hydrogen-bond donors (Lipinski definition) is 2. The van der Waals surface area contributed by atoms with Gasteiger partial charge in [-0.3, -0.25) is 14.9 Å². The van der Waals surface area contributed by atoms with Crippen molar-refractivity contribution < 1.29 is 4.79 Å². The van der Waals surface area contributed by atoms with Gasteiger partial charge < -0.3 is 5.32 Å². The Balaban J connectivity index is 2.00. The minimum atomic E-state index is -0.0202. The molecule has 5 heteroatoms. The summed E-state index contributed by atoms with van der Waals surface area (Å²) in [6, 6.07) is 3.91. The van der Waals surface area contributed by atoms with E-state index >= 15 is 0 Å². The topological polar surface area (TPSA) is 70.7 Å². The van der Waals surface area contributed by atoms with Crippen molar-refractivity contribution in [3.8, 4) is 0 Å². The van der Waals surface area contributed by atoms with Crippen molar-refractivity contribution in [3.63, 3.8) is 0 Å². The van der Waals surface area contributed by atoms with Crippen molar-refractivity contribution in [2.45, 2.75) is 59.9 Å². The Hall–Kier alpha value is -2.17. The third kappa shape index (κ3) is 5.18. The third-order valence-corrected chi connectivity index (χ3v) is 4.18. The summed E-state index contributed by atoms with van der Waals surface area (Å²) in [6.45, 7) is 10.6. The second-order valence-corrected chi connectivity index (χ2v) is 7.59. The number of nitrogens with one attached hydrogen (secondary N) is 2. The van der Waals surface area contributed by atoms with Crippen LogP contribution in [-0.2, 0) is 11.2 Å². The zero-order chi connectivity index (χ0) is 17.7. The lowest BCUT2D eigenvalue weighted by molar-refractivity contribution is -0.122. The monoisotopic (exact) mass is 328 g/mol. The largest absolute Gasteiger partial charge is 0.349 e. The molecule has 2 aromatic rings. The van der Waals surface area contributed by atoms with Crippen LogP contribution in [-0.4, -0.2) is 21.1 Å². The molecular weight excluding hydrogens is 300 g/mol. The van der Waals surface area contributed by atoms with Gasteiger partial charge in [0.2, 0.25) is 5.91 Å². The van der Waals surface area contributed by atoms with Crippen LogP contribution in [0.3, 0.4) is 0 Å². The fourth-order valence-corrected chi connectivity index (χ4v) is 2.72. The summed E-state index contributed by atoms with van der Waals surface area (Å²) in [5, 5.41) is 10.4. The number of aromatic nitrogens is 3. The Kier molecular flexibility index (Phi) is 5.75.